The van der Waals surface area contributed by atoms with Crippen molar-refractivity contribution in [2.45, 2.75) is 59.1 Å². The monoisotopic (exact) mass is 402 g/mol. The number of ether oxygens (including phenoxy) is 1. The van der Waals surface area contributed by atoms with Crippen LogP contribution in [0.25, 0.3) is 11.3 Å². The van der Waals surface area contributed by atoms with Gasteiger partial charge in [0.05, 0.1) is 12.2 Å². The van der Waals surface area contributed by atoms with Gasteiger partial charge in [-0.15, -0.1) is 0 Å². The zero-order valence-corrected chi connectivity index (χ0v) is 18.5. The van der Waals surface area contributed by atoms with E-state index in [0.717, 1.165) is 53.3 Å². The summed E-state index contributed by atoms with van der Waals surface area (Å²) < 4.78 is 8.64. The summed E-state index contributed by atoms with van der Waals surface area (Å²) in [7, 11) is 0. The minimum atomic E-state index is -0.335. The highest BCUT2D eigenvalue weighted by Crippen LogP contribution is 2.51. The first-order chi connectivity index (χ1) is 14.3. The van der Waals surface area contributed by atoms with Crippen molar-refractivity contribution in [3.05, 3.63) is 58.3 Å². The maximum absolute atomic E-state index is 6.51. The van der Waals surface area contributed by atoms with Crippen LogP contribution in [-0.4, -0.2) is 21.9 Å². The van der Waals surface area contributed by atoms with Crippen molar-refractivity contribution < 1.29 is 4.74 Å². The van der Waals surface area contributed by atoms with Crippen LogP contribution in [0.5, 0.6) is 5.75 Å². The zero-order valence-electron chi connectivity index (χ0n) is 18.5. The topological polar surface area (TPSA) is 65.1 Å². The van der Waals surface area contributed by atoms with E-state index in [-0.39, 0.29) is 11.5 Å². The highest BCUT2D eigenvalue weighted by Gasteiger charge is 2.44. The maximum atomic E-state index is 6.51. The Kier molecular flexibility index (Phi) is 4.14. The lowest BCUT2D eigenvalue weighted by atomic mass is 9.82. The number of rotatable bonds is 3. The Morgan fingerprint density at radius 2 is 1.97 bits per heavy atom. The molecule has 0 aliphatic carbocycles. The molecule has 2 aliphatic rings. The number of hydrogen-bond donors (Lipinski definition) is 2. The van der Waals surface area contributed by atoms with Gasteiger partial charge in [0.25, 0.3) is 0 Å². The molecule has 0 saturated heterocycles. The first-order valence-electron chi connectivity index (χ1n) is 10.8. The molecule has 5 heteroatoms. The number of nitrogens with zero attached hydrogens (tertiary/aromatic N) is 2. The molecule has 3 heterocycles. The van der Waals surface area contributed by atoms with Crippen molar-refractivity contribution in [3.8, 4) is 17.0 Å². The summed E-state index contributed by atoms with van der Waals surface area (Å²) in [4.78, 5) is 0. The highest BCUT2D eigenvalue weighted by atomic mass is 16.5. The van der Waals surface area contributed by atoms with Gasteiger partial charge in [0.15, 0.2) is 0 Å². The van der Waals surface area contributed by atoms with Gasteiger partial charge >= 0.3 is 0 Å². The number of hydrogen-bond acceptors (Lipinski definition) is 4. The molecule has 1 atom stereocenters. The van der Waals surface area contributed by atoms with Gasteiger partial charge in [-0.25, -0.2) is 0 Å². The van der Waals surface area contributed by atoms with Crippen molar-refractivity contribution >= 4 is 11.4 Å². The lowest BCUT2D eigenvalue weighted by Gasteiger charge is -2.27. The second kappa shape index (κ2) is 6.53. The average Bonchev–Trinajstić information content (AvgIpc) is 3.43. The Morgan fingerprint density at radius 3 is 2.77 bits per heavy atom. The summed E-state index contributed by atoms with van der Waals surface area (Å²) in [5.74, 6) is 1.17. The molecular formula is C25H30N4O. The Labute approximate surface area is 178 Å². The lowest BCUT2D eigenvalue weighted by Crippen LogP contribution is -2.33. The van der Waals surface area contributed by atoms with Gasteiger partial charge in [0, 0.05) is 41.2 Å². The molecule has 156 valence electrons. The summed E-state index contributed by atoms with van der Waals surface area (Å²) in [6.07, 6.45) is 2.97. The van der Waals surface area contributed by atoms with Crippen LogP contribution in [0, 0.1) is 20.8 Å². The summed E-state index contributed by atoms with van der Waals surface area (Å²) in [5.41, 5.74) is 16.6. The third-order valence-electron chi connectivity index (χ3n) is 7.11. The van der Waals surface area contributed by atoms with E-state index in [2.05, 4.69) is 68.9 Å². The molecule has 2 aliphatic heterocycles. The fourth-order valence-corrected chi connectivity index (χ4v) is 5.15. The second-order valence-corrected chi connectivity index (χ2v) is 9.20. The molecule has 0 saturated carbocycles. The molecule has 30 heavy (non-hydrogen) atoms. The Hall–Kier alpha value is -2.95. The normalized spacial score (nSPS) is 18.6. The summed E-state index contributed by atoms with van der Waals surface area (Å²) in [6.45, 7) is 12.4. The molecule has 0 fully saturated rings. The largest absolute Gasteiger partial charge is 0.487 e. The third-order valence-corrected chi connectivity index (χ3v) is 7.11. The van der Waals surface area contributed by atoms with Crippen LogP contribution < -0.4 is 15.8 Å². The molecule has 0 bridgehead atoms. The summed E-state index contributed by atoms with van der Waals surface area (Å²) >= 11 is 0. The number of anilines is 2. The molecule has 0 unspecified atom stereocenters. The van der Waals surface area contributed by atoms with E-state index in [1.165, 1.54) is 22.4 Å². The van der Waals surface area contributed by atoms with Gasteiger partial charge in [-0.2, -0.15) is 5.10 Å². The molecule has 3 aromatic rings. The minimum absolute atomic E-state index is 0.164. The van der Waals surface area contributed by atoms with Crippen molar-refractivity contribution in [1.29, 1.82) is 0 Å². The zero-order chi connectivity index (χ0) is 21.2. The molecule has 5 rings (SSSR count). The fraction of sp³-hybridized carbons (Fsp3) is 0.400. The van der Waals surface area contributed by atoms with Gasteiger partial charge in [-0.05, 0) is 69.4 Å². The average molecular weight is 403 g/mol. The number of nitrogen functional groups attached to an aromatic ring is 1. The number of benzene rings is 2. The molecule has 5 nitrogen and oxygen atoms in total. The van der Waals surface area contributed by atoms with E-state index in [0.29, 0.717) is 0 Å². The van der Waals surface area contributed by atoms with E-state index >= 15 is 0 Å². The van der Waals surface area contributed by atoms with Gasteiger partial charge in [0.2, 0.25) is 0 Å². The van der Waals surface area contributed by atoms with E-state index in [1.807, 2.05) is 6.20 Å². The number of aromatic nitrogens is 2. The number of nitrogens with two attached hydrogens (primary N) is 1. The minimum Gasteiger partial charge on any atom is -0.487 e. The van der Waals surface area contributed by atoms with Gasteiger partial charge < -0.3 is 15.8 Å². The van der Waals surface area contributed by atoms with E-state index < -0.39 is 0 Å². The Morgan fingerprint density at radius 1 is 1.17 bits per heavy atom. The Balaban J connectivity index is 1.60. The summed E-state index contributed by atoms with van der Waals surface area (Å²) in [6, 6.07) is 8.65. The smallest absolute Gasteiger partial charge is 0.127 e. The van der Waals surface area contributed by atoms with Crippen molar-refractivity contribution in [2.24, 2.45) is 0 Å². The second-order valence-electron chi connectivity index (χ2n) is 9.20. The van der Waals surface area contributed by atoms with Crippen molar-refractivity contribution in [2.75, 3.05) is 17.6 Å². The fourth-order valence-electron chi connectivity index (χ4n) is 5.15. The number of nitrogens with one attached hydrogen (secondary N) is 1. The third kappa shape index (κ3) is 2.64. The van der Waals surface area contributed by atoms with Crippen molar-refractivity contribution in [3.63, 3.8) is 0 Å². The van der Waals surface area contributed by atoms with E-state index in [1.54, 1.807) is 0 Å². The van der Waals surface area contributed by atoms with Crippen LogP contribution in [0.1, 0.15) is 47.6 Å². The molecule has 3 N–H and O–H groups in total. The predicted molar refractivity (Wildman–Crippen MR) is 122 cm³/mol. The molecule has 0 spiro atoms. The summed E-state index contributed by atoms with van der Waals surface area (Å²) in [5, 5.41) is 8.27. The first-order valence-corrected chi connectivity index (χ1v) is 10.8. The highest BCUT2D eigenvalue weighted by molar-refractivity contribution is 5.80. The van der Waals surface area contributed by atoms with E-state index in [4.69, 9.17) is 15.6 Å². The van der Waals surface area contributed by atoms with E-state index in [9.17, 15) is 0 Å². The predicted octanol–water partition coefficient (Wildman–Crippen LogP) is 4.98. The molecule has 1 aromatic heterocycles. The van der Waals surface area contributed by atoms with Crippen LogP contribution in [0.15, 0.2) is 30.5 Å². The lowest BCUT2D eigenvalue weighted by molar-refractivity contribution is 0.101. The molecule has 0 radical (unpaired) electrons. The van der Waals surface area contributed by atoms with Crippen LogP contribution in [0.3, 0.4) is 0 Å². The van der Waals surface area contributed by atoms with Crippen LogP contribution in [0.4, 0.5) is 11.4 Å². The van der Waals surface area contributed by atoms with Crippen LogP contribution >= 0.6 is 0 Å². The van der Waals surface area contributed by atoms with Gasteiger partial charge in [0.1, 0.15) is 11.4 Å². The van der Waals surface area contributed by atoms with Gasteiger partial charge in [-0.3, -0.25) is 4.68 Å². The molecular weight excluding hydrogens is 372 g/mol. The van der Waals surface area contributed by atoms with Gasteiger partial charge in [-0.1, -0.05) is 18.2 Å². The maximum Gasteiger partial charge on any atom is 0.127 e. The number of para-hydroxylation sites is 1. The SMILES string of the molecule is Cc1c(C)c2c(c(C)c1N)[C@H](Cn1nccc1-c1cccc3c1NCC3)C(C)(C)O2. The molecule has 2 aromatic carbocycles. The Bertz CT molecular complexity index is 1160. The quantitative estimate of drug-likeness (QED) is 0.607. The van der Waals surface area contributed by atoms with Crippen molar-refractivity contribution in [1.82, 2.24) is 9.78 Å². The first kappa shape index (κ1) is 19.0. The van der Waals surface area contributed by atoms with Crippen LogP contribution in [0.2, 0.25) is 0 Å². The van der Waals surface area contributed by atoms with Crippen LogP contribution in [-0.2, 0) is 13.0 Å². The molecule has 0 amide bonds. The number of fused-ring (bicyclic) bond motifs is 2. The standard InChI is InChI=1S/C25H30N4O/c1-14-15(2)24-21(16(3)22(14)26)19(25(4,5)30-24)13-29-20(10-12-28-29)18-8-6-7-17-9-11-27-23(17)18/h6-8,10,12,19,27H,9,11,13,26H2,1-5H3/t19-/m0/s1.